The molecule has 4 nitrogen and oxygen atoms in total. The minimum absolute atomic E-state index is 1.06. The van der Waals surface area contributed by atoms with Gasteiger partial charge in [-0.1, -0.05) is 18.3 Å². The first-order valence-electron chi connectivity index (χ1n) is 6.05. The zero-order valence-electron chi connectivity index (χ0n) is 10.1. The maximum absolute atomic E-state index is 4.30. The number of hydrogen-bond acceptors (Lipinski definition) is 5. The molecule has 0 aliphatic carbocycles. The van der Waals surface area contributed by atoms with Crippen molar-refractivity contribution in [1.29, 1.82) is 0 Å². The standard InChI is InChI=1S/C11H20N4S/c1-3-5-10-12-13-11(16-10)15-7-4-6-14(2)8-9-15/h3-9H2,1-2H3. The van der Waals surface area contributed by atoms with E-state index in [1.807, 2.05) is 0 Å². The Bertz CT molecular complexity index is 326. The zero-order valence-corrected chi connectivity index (χ0v) is 11.0. The van der Waals surface area contributed by atoms with E-state index in [9.17, 15) is 0 Å². The van der Waals surface area contributed by atoms with Gasteiger partial charge in [0.1, 0.15) is 5.01 Å². The summed E-state index contributed by atoms with van der Waals surface area (Å²) < 4.78 is 0. The topological polar surface area (TPSA) is 32.3 Å². The second kappa shape index (κ2) is 5.59. The fraction of sp³-hybridized carbons (Fsp3) is 0.818. The van der Waals surface area contributed by atoms with Crippen molar-refractivity contribution in [3.05, 3.63) is 5.01 Å². The minimum Gasteiger partial charge on any atom is -0.345 e. The first-order valence-corrected chi connectivity index (χ1v) is 6.87. The third-order valence-electron chi connectivity index (χ3n) is 2.91. The molecule has 0 amide bonds. The number of rotatable bonds is 3. The molecule has 0 bridgehead atoms. The van der Waals surface area contributed by atoms with Crippen LogP contribution in [0.2, 0.25) is 0 Å². The molecule has 0 aromatic carbocycles. The van der Waals surface area contributed by atoms with Gasteiger partial charge in [-0.05, 0) is 26.4 Å². The van der Waals surface area contributed by atoms with Gasteiger partial charge in [-0.25, -0.2) is 0 Å². The van der Waals surface area contributed by atoms with E-state index >= 15 is 0 Å². The van der Waals surface area contributed by atoms with E-state index in [4.69, 9.17) is 0 Å². The normalized spacial score (nSPS) is 18.8. The number of aryl methyl sites for hydroxylation is 1. The average molecular weight is 240 g/mol. The Morgan fingerprint density at radius 2 is 2.06 bits per heavy atom. The molecule has 16 heavy (non-hydrogen) atoms. The van der Waals surface area contributed by atoms with Gasteiger partial charge in [0.25, 0.3) is 0 Å². The second-order valence-electron chi connectivity index (χ2n) is 4.37. The van der Waals surface area contributed by atoms with Crippen molar-refractivity contribution < 1.29 is 0 Å². The van der Waals surface area contributed by atoms with E-state index in [1.165, 1.54) is 18.0 Å². The van der Waals surface area contributed by atoms with Crippen LogP contribution in [0.25, 0.3) is 0 Å². The number of likely N-dealkylation sites (N-methyl/N-ethyl adjacent to an activating group) is 1. The lowest BCUT2D eigenvalue weighted by Gasteiger charge is -2.18. The molecule has 0 spiro atoms. The molecule has 1 aliphatic rings. The average Bonchev–Trinajstić information content (AvgIpc) is 2.62. The summed E-state index contributed by atoms with van der Waals surface area (Å²) in [6, 6.07) is 0. The molecule has 1 fully saturated rings. The largest absolute Gasteiger partial charge is 0.345 e. The van der Waals surface area contributed by atoms with E-state index in [0.29, 0.717) is 0 Å². The molecule has 0 saturated carbocycles. The van der Waals surface area contributed by atoms with E-state index in [2.05, 4.69) is 34.0 Å². The van der Waals surface area contributed by atoms with Crippen molar-refractivity contribution in [2.75, 3.05) is 38.1 Å². The van der Waals surface area contributed by atoms with E-state index in [-0.39, 0.29) is 0 Å². The maximum Gasteiger partial charge on any atom is 0.208 e. The van der Waals surface area contributed by atoms with Crippen LogP contribution in [0.4, 0.5) is 5.13 Å². The smallest absolute Gasteiger partial charge is 0.208 e. The highest BCUT2D eigenvalue weighted by molar-refractivity contribution is 7.15. The first kappa shape index (κ1) is 11.8. The fourth-order valence-corrected chi connectivity index (χ4v) is 2.92. The molecular formula is C11H20N4S. The van der Waals surface area contributed by atoms with Crippen molar-refractivity contribution in [3.8, 4) is 0 Å². The van der Waals surface area contributed by atoms with Crippen LogP contribution in [0.15, 0.2) is 0 Å². The van der Waals surface area contributed by atoms with Crippen LogP contribution < -0.4 is 4.90 Å². The van der Waals surface area contributed by atoms with Gasteiger partial charge in [-0.2, -0.15) is 0 Å². The SMILES string of the molecule is CCCc1nnc(N2CCCN(C)CC2)s1. The predicted molar refractivity (Wildman–Crippen MR) is 68.2 cm³/mol. The van der Waals surface area contributed by atoms with Gasteiger partial charge in [-0.15, -0.1) is 10.2 Å². The Morgan fingerprint density at radius 1 is 1.19 bits per heavy atom. The van der Waals surface area contributed by atoms with Gasteiger partial charge < -0.3 is 9.80 Å². The molecule has 2 rings (SSSR count). The molecule has 1 saturated heterocycles. The molecule has 2 heterocycles. The molecule has 0 radical (unpaired) electrons. The van der Waals surface area contributed by atoms with Crippen LogP contribution in [-0.2, 0) is 6.42 Å². The van der Waals surface area contributed by atoms with Gasteiger partial charge in [0.15, 0.2) is 0 Å². The summed E-state index contributed by atoms with van der Waals surface area (Å²) in [5.41, 5.74) is 0. The Kier molecular flexibility index (Phi) is 4.12. The quantitative estimate of drug-likeness (QED) is 0.804. The van der Waals surface area contributed by atoms with E-state index < -0.39 is 0 Å². The molecule has 1 aromatic rings. The van der Waals surface area contributed by atoms with Gasteiger partial charge in [0.05, 0.1) is 0 Å². The van der Waals surface area contributed by atoms with Gasteiger partial charge >= 0.3 is 0 Å². The summed E-state index contributed by atoms with van der Waals surface area (Å²) in [6.07, 6.45) is 3.43. The van der Waals surface area contributed by atoms with Crippen LogP contribution in [0, 0.1) is 0 Å². The molecule has 5 heteroatoms. The van der Waals surface area contributed by atoms with Crippen LogP contribution in [-0.4, -0.2) is 48.3 Å². The van der Waals surface area contributed by atoms with Crippen molar-refractivity contribution >= 4 is 16.5 Å². The van der Waals surface area contributed by atoms with Crippen molar-refractivity contribution in [2.24, 2.45) is 0 Å². The number of nitrogens with zero attached hydrogens (tertiary/aromatic N) is 4. The number of hydrogen-bond donors (Lipinski definition) is 0. The number of anilines is 1. The van der Waals surface area contributed by atoms with E-state index in [1.54, 1.807) is 11.3 Å². The Labute approximate surface area is 101 Å². The van der Waals surface area contributed by atoms with Crippen LogP contribution in [0.3, 0.4) is 0 Å². The molecule has 1 aliphatic heterocycles. The Balaban J connectivity index is 1.99. The van der Waals surface area contributed by atoms with Gasteiger partial charge in [0.2, 0.25) is 5.13 Å². The highest BCUT2D eigenvalue weighted by Crippen LogP contribution is 2.22. The molecule has 0 N–H and O–H groups in total. The number of aromatic nitrogens is 2. The summed E-state index contributed by atoms with van der Waals surface area (Å²) in [4.78, 5) is 4.76. The Hall–Kier alpha value is -0.680. The third kappa shape index (κ3) is 2.92. The molecule has 90 valence electrons. The predicted octanol–water partition coefficient (Wildman–Crippen LogP) is 1.63. The monoisotopic (exact) mass is 240 g/mol. The summed E-state index contributed by atoms with van der Waals surface area (Å²) in [5, 5.41) is 10.8. The fourth-order valence-electron chi connectivity index (χ4n) is 1.93. The van der Waals surface area contributed by atoms with E-state index in [0.717, 1.165) is 37.6 Å². The summed E-state index contributed by atoms with van der Waals surface area (Å²) in [5.74, 6) is 0. The minimum atomic E-state index is 1.06. The maximum atomic E-state index is 4.30. The van der Waals surface area contributed by atoms with Gasteiger partial charge in [-0.3, -0.25) is 0 Å². The van der Waals surface area contributed by atoms with Crippen LogP contribution in [0.1, 0.15) is 24.8 Å². The van der Waals surface area contributed by atoms with Crippen molar-refractivity contribution in [2.45, 2.75) is 26.2 Å². The lowest BCUT2D eigenvalue weighted by molar-refractivity contribution is 0.360. The van der Waals surface area contributed by atoms with Gasteiger partial charge in [0, 0.05) is 26.1 Å². The summed E-state index contributed by atoms with van der Waals surface area (Å²) in [6.45, 7) is 6.70. The molecule has 0 unspecified atom stereocenters. The molecular weight excluding hydrogens is 220 g/mol. The zero-order chi connectivity index (χ0) is 11.4. The lowest BCUT2D eigenvalue weighted by atomic mass is 10.4. The first-order chi connectivity index (χ1) is 7.79. The van der Waals surface area contributed by atoms with Crippen LogP contribution >= 0.6 is 11.3 Å². The molecule has 0 atom stereocenters. The second-order valence-corrected chi connectivity index (χ2v) is 5.41. The van der Waals surface area contributed by atoms with Crippen LogP contribution in [0.5, 0.6) is 0 Å². The lowest BCUT2D eigenvalue weighted by Crippen LogP contribution is -2.28. The third-order valence-corrected chi connectivity index (χ3v) is 3.95. The highest BCUT2D eigenvalue weighted by Gasteiger charge is 2.15. The van der Waals surface area contributed by atoms with Crippen molar-refractivity contribution in [1.82, 2.24) is 15.1 Å². The summed E-state index contributed by atoms with van der Waals surface area (Å²) in [7, 11) is 2.19. The van der Waals surface area contributed by atoms with Crippen molar-refractivity contribution in [3.63, 3.8) is 0 Å². The molecule has 1 aromatic heterocycles. The Morgan fingerprint density at radius 3 is 2.88 bits per heavy atom. The highest BCUT2D eigenvalue weighted by atomic mass is 32.1. The summed E-state index contributed by atoms with van der Waals surface area (Å²) >= 11 is 1.76.